The second-order valence-electron chi connectivity index (χ2n) is 6.51. The fraction of sp³-hybridized carbons (Fsp3) is 0.389. The first-order chi connectivity index (χ1) is 12.7. The summed E-state index contributed by atoms with van der Waals surface area (Å²) in [6.07, 6.45) is -4.30. The number of fused-ring (bicyclic) bond motifs is 1. The Balaban J connectivity index is 1.93. The maximum absolute atomic E-state index is 12.6. The van der Waals surface area contributed by atoms with Gasteiger partial charge < -0.3 is 10.4 Å². The molecule has 0 bridgehead atoms. The maximum atomic E-state index is 12.6. The zero-order valence-corrected chi connectivity index (χ0v) is 14.5. The van der Waals surface area contributed by atoms with E-state index in [4.69, 9.17) is 5.11 Å². The van der Waals surface area contributed by atoms with Gasteiger partial charge in [-0.15, -0.1) is 0 Å². The van der Waals surface area contributed by atoms with Crippen molar-refractivity contribution in [3.63, 3.8) is 0 Å². The van der Waals surface area contributed by atoms with E-state index in [2.05, 4.69) is 5.10 Å². The van der Waals surface area contributed by atoms with Crippen LogP contribution < -0.4 is 5.32 Å². The quantitative estimate of drug-likeness (QED) is 0.834. The Morgan fingerprint density at radius 3 is 2.63 bits per heavy atom. The van der Waals surface area contributed by atoms with E-state index < -0.39 is 30.5 Å². The molecule has 9 heteroatoms. The van der Waals surface area contributed by atoms with E-state index in [0.29, 0.717) is 18.4 Å². The van der Waals surface area contributed by atoms with Crippen molar-refractivity contribution in [1.82, 2.24) is 15.1 Å². The third-order valence-corrected chi connectivity index (χ3v) is 4.53. The molecule has 27 heavy (non-hydrogen) atoms. The molecule has 0 aliphatic heterocycles. The minimum atomic E-state index is -4.71. The lowest BCUT2D eigenvalue weighted by Gasteiger charge is -2.16. The molecule has 1 aliphatic rings. The summed E-state index contributed by atoms with van der Waals surface area (Å²) in [5, 5.41) is 15.3. The molecule has 1 aliphatic carbocycles. The number of aliphatic carboxylic acids is 1. The van der Waals surface area contributed by atoms with Crippen molar-refractivity contribution in [2.24, 2.45) is 0 Å². The predicted molar refractivity (Wildman–Crippen MR) is 89.9 cm³/mol. The summed E-state index contributed by atoms with van der Waals surface area (Å²) >= 11 is 0. The lowest BCUT2D eigenvalue weighted by molar-refractivity contribution is -0.157. The summed E-state index contributed by atoms with van der Waals surface area (Å²) in [4.78, 5) is 23.6. The van der Waals surface area contributed by atoms with Crippen LogP contribution in [0, 0.1) is 6.92 Å². The number of hydrogen-bond acceptors (Lipinski definition) is 3. The Morgan fingerprint density at radius 2 is 2.00 bits per heavy atom. The highest BCUT2D eigenvalue weighted by atomic mass is 19.4. The monoisotopic (exact) mass is 381 g/mol. The summed E-state index contributed by atoms with van der Waals surface area (Å²) < 4.78 is 39.4. The van der Waals surface area contributed by atoms with Crippen molar-refractivity contribution in [2.45, 2.75) is 44.8 Å². The lowest BCUT2D eigenvalue weighted by Crippen LogP contribution is -2.44. The number of nitrogens with zero attached hydrogens (tertiary/aromatic N) is 2. The zero-order valence-electron chi connectivity index (χ0n) is 14.5. The van der Waals surface area contributed by atoms with E-state index in [1.54, 1.807) is 4.68 Å². The SMILES string of the molecule is Cc1ccccc1-n1nc(C(=O)NC(CC(F)(F)F)C(=O)O)c2c1CCC2. The third kappa shape index (κ3) is 3.96. The minimum Gasteiger partial charge on any atom is -0.480 e. The number of carbonyl (C=O) groups excluding carboxylic acids is 1. The summed E-state index contributed by atoms with van der Waals surface area (Å²) in [7, 11) is 0. The van der Waals surface area contributed by atoms with Crippen LogP contribution in [0.15, 0.2) is 24.3 Å². The highest BCUT2D eigenvalue weighted by molar-refractivity contribution is 5.96. The maximum Gasteiger partial charge on any atom is 0.391 e. The number of halogens is 3. The fourth-order valence-corrected chi connectivity index (χ4v) is 3.28. The van der Waals surface area contributed by atoms with Gasteiger partial charge in [-0.25, -0.2) is 9.48 Å². The molecule has 0 saturated carbocycles. The van der Waals surface area contributed by atoms with E-state index in [-0.39, 0.29) is 5.69 Å². The van der Waals surface area contributed by atoms with Gasteiger partial charge in [0, 0.05) is 11.3 Å². The number of benzene rings is 1. The molecule has 1 amide bonds. The summed E-state index contributed by atoms with van der Waals surface area (Å²) in [5.41, 5.74) is 3.19. The van der Waals surface area contributed by atoms with E-state index in [0.717, 1.165) is 23.4 Å². The standard InChI is InChI=1S/C18H18F3N3O3/c1-10-5-2-3-7-13(10)24-14-8-4-6-11(14)15(23-24)16(25)22-12(17(26)27)9-18(19,20)21/h2-3,5,7,12H,4,6,8-9H2,1H3,(H,22,25)(H,26,27). The van der Waals surface area contributed by atoms with Crippen molar-refractivity contribution in [1.29, 1.82) is 0 Å². The van der Waals surface area contributed by atoms with Crippen molar-refractivity contribution in [2.75, 3.05) is 0 Å². The van der Waals surface area contributed by atoms with E-state index >= 15 is 0 Å². The molecule has 0 fully saturated rings. The van der Waals surface area contributed by atoms with Gasteiger partial charge >= 0.3 is 12.1 Å². The largest absolute Gasteiger partial charge is 0.480 e. The molecule has 0 spiro atoms. The van der Waals surface area contributed by atoms with Crippen LogP contribution in [0.3, 0.4) is 0 Å². The normalized spacial score (nSPS) is 14.7. The number of rotatable bonds is 5. The van der Waals surface area contributed by atoms with Gasteiger partial charge in [-0.3, -0.25) is 4.79 Å². The molecule has 1 aromatic carbocycles. The number of carboxylic acid groups (broad SMARTS) is 1. The summed E-state index contributed by atoms with van der Waals surface area (Å²) in [6.45, 7) is 1.89. The first-order valence-electron chi connectivity index (χ1n) is 8.44. The number of nitrogens with one attached hydrogen (secondary N) is 1. The van der Waals surface area contributed by atoms with Crippen molar-refractivity contribution < 1.29 is 27.9 Å². The van der Waals surface area contributed by atoms with Gasteiger partial charge in [0.05, 0.1) is 12.1 Å². The minimum absolute atomic E-state index is 0.0147. The average Bonchev–Trinajstić information content (AvgIpc) is 3.15. The van der Waals surface area contributed by atoms with Crippen LogP contribution in [0.1, 0.15) is 40.2 Å². The number of para-hydroxylation sites is 1. The average molecular weight is 381 g/mol. The van der Waals surface area contributed by atoms with Gasteiger partial charge in [-0.1, -0.05) is 18.2 Å². The molecular formula is C18H18F3N3O3. The molecule has 1 unspecified atom stereocenters. The fourth-order valence-electron chi connectivity index (χ4n) is 3.28. The lowest BCUT2D eigenvalue weighted by atomic mass is 10.1. The highest BCUT2D eigenvalue weighted by Crippen LogP contribution is 2.29. The van der Waals surface area contributed by atoms with Gasteiger partial charge in [-0.05, 0) is 37.8 Å². The molecule has 1 heterocycles. The Kier molecular flexibility index (Phi) is 4.95. The zero-order chi connectivity index (χ0) is 19.8. The number of hydrogen-bond donors (Lipinski definition) is 2. The molecule has 0 saturated heterocycles. The number of carbonyl (C=O) groups is 2. The highest BCUT2D eigenvalue weighted by Gasteiger charge is 2.37. The van der Waals surface area contributed by atoms with Crippen molar-refractivity contribution in [3.05, 3.63) is 46.8 Å². The number of carboxylic acids is 1. The molecular weight excluding hydrogens is 363 g/mol. The molecule has 6 nitrogen and oxygen atoms in total. The predicted octanol–water partition coefficient (Wildman–Crippen LogP) is 2.80. The van der Waals surface area contributed by atoms with Gasteiger partial charge in [0.2, 0.25) is 0 Å². The van der Waals surface area contributed by atoms with Crippen LogP contribution in [0.5, 0.6) is 0 Å². The second-order valence-corrected chi connectivity index (χ2v) is 6.51. The molecule has 0 radical (unpaired) electrons. The first-order valence-corrected chi connectivity index (χ1v) is 8.44. The molecule has 144 valence electrons. The Labute approximate surface area is 153 Å². The van der Waals surface area contributed by atoms with Crippen molar-refractivity contribution >= 4 is 11.9 Å². The Hall–Kier alpha value is -2.84. The Bertz CT molecular complexity index is 890. The number of aryl methyl sites for hydroxylation is 1. The Morgan fingerprint density at radius 1 is 1.30 bits per heavy atom. The number of aromatic nitrogens is 2. The second kappa shape index (κ2) is 7.05. The van der Waals surface area contributed by atoms with Crippen LogP contribution in [0.25, 0.3) is 5.69 Å². The molecule has 1 aromatic heterocycles. The van der Waals surface area contributed by atoms with E-state index in [1.165, 1.54) is 0 Å². The molecule has 2 aromatic rings. The van der Waals surface area contributed by atoms with Crippen LogP contribution >= 0.6 is 0 Å². The van der Waals surface area contributed by atoms with Gasteiger partial charge in [-0.2, -0.15) is 18.3 Å². The van der Waals surface area contributed by atoms with Gasteiger partial charge in [0.15, 0.2) is 5.69 Å². The van der Waals surface area contributed by atoms with Crippen LogP contribution in [0.2, 0.25) is 0 Å². The van der Waals surface area contributed by atoms with Crippen molar-refractivity contribution in [3.8, 4) is 5.69 Å². The number of alkyl halides is 3. The molecule has 1 atom stereocenters. The van der Waals surface area contributed by atoms with Crippen LogP contribution in [-0.2, 0) is 17.6 Å². The number of amides is 1. The summed E-state index contributed by atoms with van der Waals surface area (Å²) in [6, 6.07) is 5.37. The van der Waals surface area contributed by atoms with E-state index in [1.807, 2.05) is 36.5 Å². The molecule has 3 rings (SSSR count). The van der Waals surface area contributed by atoms with Gasteiger partial charge in [0.1, 0.15) is 6.04 Å². The first kappa shape index (κ1) is 18.9. The summed E-state index contributed by atoms with van der Waals surface area (Å²) in [5.74, 6) is -2.65. The topological polar surface area (TPSA) is 84.2 Å². The molecule has 2 N–H and O–H groups in total. The van der Waals surface area contributed by atoms with E-state index in [9.17, 15) is 22.8 Å². The van der Waals surface area contributed by atoms with Crippen LogP contribution in [0.4, 0.5) is 13.2 Å². The third-order valence-electron chi connectivity index (χ3n) is 4.53. The van der Waals surface area contributed by atoms with Crippen LogP contribution in [-0.4, -0.2) is 39.0 Å². The smallest absolute Gasteiger partial charge is 0.391 e. The van der Waals surface area contributed by atoms with Gasteiger partial charge in [0.25, 0.3) is 5.91 Å².